The minimum Gasteiger partial charge on any atom is -0.490 e. The number of hydrogen-bond donors (Lipinski definition) is 1. The van der Waals surface area contributed by atoms with E-state index in [-0.39, 0.29) is 6.10 Å². The minimum absolute atomic E-state index is 0.268. The van der Waals surface area contributed by atoms with Gasteiger partial charge in [0.2, 0.25) is 0 Å². The molecule has 0 saturated heterocycles. The molecule has 118 valence electrons. The van der Waals surface area contributed by atoms with Crippen LogP contribution in [0.1, 0.15) is 43.7 Å². The largest absolute Gasteiger partial charge is 0.490 e. The Morgan fingerprint density at radius 3 is 2.76 bits per heavy atom. The van der Waals surface area contributed by atoms with Gasteiger partial charge in [0.15, 0.2) is 0 Å². The van der Waals surface area contributed by atoms with Crippen LogP contribution in [0.15, 0.2) is 16.6 Å². The lowest BCUT2D eigenvalue weighted by molar-refractivity contribution is 0.0204. The molecule has 0 amide bonds. The number of methoxy groups -OCH3 is 1. The van der Waals surface area contributed by atoms with Gasteiger partial charge in [-0.25, -0.2) is 0 Å². The zero-order chi connectivity index (χ0) is 15.2. The Morgan fingerprint density at radius 2 is 2.05 bits per heavy atom. The average Bonchev–Trinajstić information content (AvgIpc) is 2.48. The van der Waals surface area contributed by atoms with Gasteiger partial charge < -0.3 is 14.8 Å². The van der Waals surface area contributed by atoms with Crippen LogP contribution in [-0.4, -0.2) is 25.9 Å². The van der Waals surface area contributed by atoms with E-state index >= 15 is 0 Å². The number of benzene rings is 1. The van der Waals surface area contributed by atoms with Gasteiger partial charge in [-0.1, -0.05) is 22.9 Å². The van der Waals surface area contributed by atoms with Gasteiger partial charge in [-0.05, 0) is 50.4 Å². The molecule has 2 unspecified atom stereocenters. The number of aryl methyl sites for hydroxylation is 1. The summed E-state index contributed by atoms with van der Waals surface area (Å²) in [5.74, 6) is 1.04. The van der Waals surface area contributed by atoms with E-state index in [2.05, 4.69) is 47.2 Å². The molecule has 1 saturated carbocycles. The fraction of sp³-hybridized carbons (Fsp3) is 0.647. The summed E-state index contributed by atoms with van der Waals surface area (Å²) in [6.07, 6.45) is 5.06. The summed E-state index contributed by atoms with van der Waals surface area (Å²) in [4.78, 5) is 0. The Morgan fingerprint density at radius 1 is 1.29 bits per heavy atom. The maximum absolute atomic E-state index is 6.36. The Kier molecular flexibility index (Phi) is 6.52. The van der Waals surface area contributed by atoms with E-state index in [9.17, 15) is 0 Å². The molecule has 2 atom stereocenters. The first-order valence-corrected chi connectivity index (χ1v) is 8.62. The molecule has 1 aliphatic carbocycles. The van der Waals surface area contributed by atoms with E-state index in [0.29, 0.717) is 6.10 Å². The summed E-state index contributed by atoms with van der Waals surface area (Å²) in [6.45, 7) is 6.04. The van der Waals surface area contributed by atoms with Crippen LogP contribution in [0.25, 0.3) is 0 Å². The number of ether oxygens (including phenoxy) is 2. The normalized spacial score (nSPS) is 22.3. The summed E-state index contributed by atoms with van der Waals surface area (Å²) < 4.78 is 13.0. The van der Waals surface area contributed by atoms with Crippen LogP contribution in [0, 0.1) is 6.92 Å². The summed E-state index contributed by atoms with van der Waals surface area (Å²) >= 11 is 3.58. The molecule has 3 nitrogen and oxygen atoms in total. The molecule has 1 fully saturated rings. The third-order valence-electron chi connectivity index (χ3n) is 4.08. The predicted molar refractivity (Wildman–Crippen MR) is 89.9 cm³/mol. The lowest BCUT2D eigenvalue weighted by Gasteiger charge is -2.30. The molecule has 1 aromatic carbocycles. The minimum atomic E-state index is 0.268. The molecule has 0 heterocycles. The Labute approximate surface area is 136 Å². The van der Waals surface area contributed by atoms with Crippen molar-refractivity contribution in [3.63, 3.8) is 0 Å². The van der Waals surface area contributed by atoms with E-state index < -0.39 is 0 Å². The molecule has 21 heavy (non-hydrogen) atoms. The smallest absolute Gasteiger partial charge is 0.127 e. The number of hydrogen-bond acceptors (Lipinski definition) is 3. The fourth-order valence-corrected chi connectivity index (χ4v) is 3.57. The third kappa shape index (κ3) is 4.70. The molecule has 0 aromatic heterocycles. The van der Waals surface area contributed by atoms with E-state index in [1.54, 1.807) is 7.11 Å². The topological polar surface area (TPSA) is 30.5 Å². The van der Waals surface area contributed by atoms with Crippen LogP contribution in [-0.2, 0) is 11.3 Å². The van der Waals surface area contributed by atoms with Crippen LogP contribution in [0.5, 0.6) is 5.75 Å². The molecule has 0 aliphatic heterocycles. The van der Waals surface area contributed by atoms with Crippen LogP contribution < -0.4 is 10.1 Å². The summed E-state index contributed by atoms with van der Waals surface area (Å²) in [7, 11) is 1.80. The number of rotatable bonds is 6. The van der Waals surface area contributed by atoms with Gasteiger partial charge in [0.1, 0.15) is 11.9 Å². The maximum Gasteiger partial charge on any atom is 0.127 e. The SMILES string of the molecule is CCNCc1cc(Br)cc(C)c1OC1CCCC(OC)C1. The van der Waals surface area contributed by atoms with E-state index in [1.807, 2.05) is 0 Å². The molecule has 0 spiro atoms. The predicted octanol–water partition coefficient (Wildman–Crippen LogP) is 4.20. The highest BCUT2D eigenvalue weighted by molar-refractivity contribution is 9.10. The fourth-order valence-electron chi connectivity index (χ4n) is 2.95. The quantitative estimate of drug-likeness (QED) is 0.829. The van der Waals surface area contributed by atoms with Crippen molar-refractivity contribution in [1.82, 2.24) is 5.32 Å². The van der Waals surface area contributed by atoms with E-state index in [1.165, 1.54) is 17.5 Å². The van der Waals surface area contributed by atoms with Gasteiger partial charge in [-0.15, -0.1) is 0 Å². The molecule has 0 bridgehead atoms. The van der Waals surface area contributed by atoms with Gasteiger partial charge in [-0.2, -0.15) is 0 Å². The first-order valence-electron chi connectivity index (χ1n) is 7.83. The standard InChI is InChI=1S/C17H26BrNO2/c1-4-19-11-13-9-14(18)8-12(2)17(13)21-16-7-5-6-15(10-16)20-3/h8-9,15-16,19H,4-7,10-11H2,1-3H3. The van der Waals surface area contributed by atoms with E-state index in [0.717, 1.165) is 42.6 Å². The van der Waals surface area contributed by atoms with Crippen LogP contribution in [0.3, 0.4) is 0 Å². The third-order valence-corrected chi connectivity index (χ3v) is 4.54. The summed E-state index contributed by atoms with van der Waals surface area (Å²) in [5.41, 5.74) is 2.42. The highest BCUT2D eigenvalue weighted by Gasteiger charge is 2.24. The van der Waals surface area contributed by atoms with Crippen molar-refractivity contribution < 1.29 is 9.47 Å². The summed E-state index contributed by atoms with van der Waals surface area (Å²) in [5, 5.41) is 3.39. The number of halogens is 1. The van der Waals surface area contributed by atoms with Crippen molar-refractivity contribution in [3.8, 4) is 5.75 Å². The highest BCUT2D eigenvalue weighted by atomic mass is 79.9. The lowest BCUT2D eigenvalue weighted by atomic mass is 9.94. The Balaban J connectivity index is 2.13. The highest BCUT2D eigenvalue weighted by Crippen LogP contribution is 2.32. The van der Waals surface area contributed by atoms with Gasteiger partial charge in [-0.3, -0.25) is 0 Å². The molecule has 2 rings (SSSR count). The lowest BCUT2D eigenvalue weighted by Crippen LogP contribution is -2.30. The van der Waals surface area contributed by atoms with Crippen molar-refractivity contribution >= 4 is 15.9 Å². The van der Waals surface area contributed by atoms with Crippen molar-refractivity contribution in [2.24, 2.45) is 0 Å². The van der Waals surface area contributed by atoms with Crippen molar-refractivity contribution in [2.45, 2.75) is 58.3 Å². The van der Waals surface area contributed by atoms with Gasteiger partial charge in [0.25, 0.3) is 0 Å². The second kappa shape index (κ2) is 8.16. The second-order valence-corrected chi connectivity index (χ2v) is 6.67. The molecule has 1 aromatic rings. The summed E-state index contributed by atoms with van der Waals surface area (Å²) in [6, 6.07) is 4.28. The average molecular weight is 356 g/mol. The Bertz CT molecular complexity index is 464. The molecular formula is C17H26BrNO2. The zero-order valence-electron chi connectivity index (χ0n) is 13.2. The van der Waals surface area contributed by atoms with Crippen LogP contribution >= 0.6 is 15.9 Å². The van der Waals surface area contributed by atoms with Gasteiger partial charge >= 0.3 is 0 Å². The van der Waals surface area contributed by atoms with Crippen molar-refractivity contribution in [1.29, 1.82) is 0 Å². The number of nitrogens with one attached hydrogen (secondary N) is 1. The molecule has 1 aliphatic rings. The first-order chi connectivity index (χ1) is 10.1. The monoisotopic (exact) mass is 355 g/mol. The Hall–Kier alpha value is -0.580. The van der Waals surface area contributed by atoms with Crippen molar-refractivity contribution in [3.05, 3.63) is 27.7 Å². The second-order valence-electron chi connectivity index (χ2n) is 5.76. The van der Waals surface area contributed by atoms with Gasteiger partial charge in [0.05, 0.1) is 6.10 Å². The maximum atomic E-state index is 6.36. The van der Waals surface area contributed by atoms with Crippen LogP contribution in [0.4, 0.5) is 0 Å². The van der Waals surface area contributed by atoms with Gasteiger partial charge in [0, 0.05) is 30.1 Å². The van der Waals surface area contributed by atoms with Crippen molar-refractivity contribution in [2.75, 3.05) is 13.7 Å². The molecule has 4 heteroatoms. The van der Waals surface area contributed by atoms with Crippen LogP contribution in [0.2, 0.25) is 0 Å². The first kappa shape index (κ1) is 16.8. The van der Waals surface area contributed by atoms with E-state index in [4.69, 9.17) is 9.47 Å². The molecule has 1 N–H and O–H groups in total. The molecule has 0 radical (unpaired) electrons. The zero-order valence-corrected chi connectivity index (χ0v) is 14.8. The molecular weight excluding hydrogens is 330 g/mol.